The van der Waals surface area contributed by atoms with Crippen molar-refractivity contribution >= 4 is 11.5 Å². The van der Waals surface area contributed by atoms with Crippen molar-refractivity contribution in [3.05, 3.63) is 29.8 Å². The van der Waals surface area contributed by atoms with Gasteiger partial charge >= 0.3 is 5.97 Å². The van der Waals surface area contributed by atoms with Crippen molar-refractivity contribution in [2.75, 3.05) is 32.9 Å². The van der Waals surface area contributed by atoms with Crippen LogP contribution in [0.5, 0.6) is 11.5 Å². The second-order valence-corrected chi connectivity index (χ2v) is 5.73. The summed E-state index contributed by atoms with van der Waals surface area (Å²) in [5.74, 6) is 1.58. The lowest BCUT2D eigenvalue weighted by atomic mass is 9.85. The third-order valence-electron chi connectivity index (χ3n) is 4.21. The first kappa shape index (κ1) is 15.9. The number of nitrogens with one attached hydrogen (secondary N) is 1. The number of hydrogen-bond donors (Lipinski definition) is 1. The normalized spacial score (nSPS) is 18.6. The zero-order chi connectivity index (χ0) is 16.1. The second kappa shape index (κ2) is 7.51. The summed E-state index contributed by atoms with van der Waals surface area (Å²) in [6.45, 7) is 5.27. The molecule has 1 fully saturated rings. The summed E-state index contributed by atoms with van der Waals surface area (Å²) < 4.78 is 16.4. The Morgan fingerprint density at radius 1 is 1.26 bits per heavy atom. The Morgan fingerprint density at radius 3 is 2.74 bits per heavy atom. The highest BCUT2D eigenvalue weighted by molar-refractivity contribution is 5.92. The Bertz CT molecular complexity index is 591. The van der Waals surface area contributed by atoms with Crippen LogP contribution in [0.4, 0.5) is 0 Å². The summed E-state index contributed by atoms with van der Waals surface area (Å²) >= 11 is 0. The van der Waals surface area contributed by atoms with Crippen LogP contribution in [0.25, 0.3) is 5.57 Å². The van der Waals surface area contributed by atoms with Gasteiger partial charge < -0.3 is 19.5 Å². The molecule has 5 heteroatoms. The largest absolute Gasteiger partial charge is 0.486 e. The fourth-order valence-electron chi connectivity index (χ4n) is 3.10. The number of benzene rings is 1. The topological polar surface area (TPSA) is 56.8 Å². The monoisotopic (exact) mass is 317 g/mol. The maximum atomic E-state index is 12.0. The number of carbonyl (C=O) groups excluding carboxylic acids is 1. The summed E-state index contributed by atoms with van der Waals surface area (Å²) in [5.41, 5.74) is 2.04. The van der Waals surface area contributed by atoms with E-state index in [1.54, 1.807) is 6.08 Å². The summed E-state index contributed by atoms with van der Waals surface area (Å²) in [6, 6.07) is 5.89. The molecule has 2 aliphatic heterocycles. The van der Waals surface area contributed by atoms with E-state index in [9.17, 15) is 4.79 Å². The molecule has 0 bridgehead atoms. The average Bonchev–Trinajstić information content (AvgIpc) is 2.60. The van der Waals surface area contributed by atoms with E-state index in [0.29, 0.717) is 25.7 Å². The minimum Gasteiger partial charge on any atom is -0.486 e. The Morgan fingerprint density at radius 2 is 2.00 bits per heavy atom. The van der Waals surface area contributed by atoms with Gasteiger partial charge in [0.05, 0.1) is 6.61 Å². The first-order chi connectivity index (χ1) is 11.3. The van der Waals surface area contributed by atoms with E-state index in [4.69, 9.17) is 14.2 Å². The van der Waals surface area contributed by atoms with E-state index >= 15 is 0 Å². The molecule has 1 aromatic rings. The zero-order valence-corrected chi connectivity index (χ0v) is 13.5. The van der Waals surface area contributed by atoms with Gasteiger partial charge in [-0.25, -0.2) is 4.79 Å². The van der Waals surface area contributed by atoms with Gasteiger partial charge in [-0.05, 0) is 62.0 Å². The lowest BCUT2D eigenvalue weighted by Gasteiger charge is -2.26. The van der Waals surface area contributed by atoms with Gasteiger partial charge in [0.2, 0.25) is 0 Å². The summed E-state index contributed by atoms with van der Waals surface area (Å²) in [5, 5.41) is 3.36. The van der Waals surface area contributed by atoms with Crippen LogP contribution >= 0.6 is 0 Å². The molecule has 3 rings (SSSR count). The molecule has 1 aromatic carbocycles. The maximum absolute atomic E-state index is 12.0. The van der Waals surface area contributed by atoms with Crippen LogP contribution in [0.1, 0.15) is 25.3 Å². The highest BCUT2D eigenvalue weighted by Crippen LogP contribution is 2.37. The van der Waals surface area contributed by atoms with E-state index in [1.807, 2.05) is 25.1 Å². The quantitative estimate of drug-likeness (QED) is 0.683. The third kappa shape index (κ3) is 3.85. The fraction of sp³-hybridized carbons (Fsp3) is 0.500. The number of piperidine rings is 1. The highest BCUT2D eigenvalue weighted by Gasteiger charge is 2.22. The molecule has 23 heavy (non-hydrogen) atoms. The van der Waals surface area contributed by atoms with E-state index in [-0.39, 0.29) is 5.97 Å². The Kier molecular flexibility index (Phi) is 5.18. The first-order valence-corrected chi connectivity index (χ1v) is 8.27. The molecular weight excluding hydrogens is 294 g/mol. The Balaban J connectivity index is 1.92. The number of allylic oxidation sites excluding steroid dienone is 1. The average molecular weight is 317 g/mol. The maximum Gasteiger partial charge on any atom is 0.331 e. The van der Waals surface area contributed by atoms with Gasteiger partial charge in [-0.1, -0.05) is 6.07 Å². The van der Waals surface area contributed by atoms with E-state index < -0.39 is 0 Å². The van der Waals surface area contributed by atoms with Gasteiger partial charge in [-0.2, -0.15) is 0 Å². The smallest absolute Gasteiger partial charge is 0.331 e. The van der Waals surface area contributed by atoms with E-state index in [2.05, 4.69) is 5.32 Å². The van der Waals surface area contributed by atoms with Crippen LogP contribution in [0.15, 0.2) is 24.3 Å². The van der Waals surface area contributed by atoms with Gasteiger partial charge in [0.25, 0.3) is 0 Å². The van der Waals surface area contributed by atoms with Crippen LogP contribution in [0.3, 0.4) is 0 Å². The van der Waals surface area contributed by atoms with Crippen LogP contribution in [-0.2, 0) is 9.53 Å². The van der Waals surface area contributed by atoms with Crippen molar-refractivity contribution in [2.45, 2.75) is 19.8 Å². The molecule has 0 aromatic heterocycles. The predicted molar refractivity (Wildman–Crippen MR) is 87.6 cm³/mol. The zero-order valence-electron chi connectivity index (χ0n) is 13.5. The third-order valence-corrected chi connectivity index (χ3v) is 4.21. The molecule has 0 spiro atoms. The first-order valence-electron chi connectivity index (χ1n) is 8.27. The summed E-state index contributed by atoms with van der Waals surface area (Å²) in [6.07, 6.45) is 3.67. The minimum absolute atomic E-state index is 0.282. The van der Waals surface area contributed by atoms with Crippen LogP contribution in [-0.4, -0.2) is 38.9 Å². The molecule has 2 heterocycles. The standard InChI is InChI=1S/C18H23NO4/c1-2-21-18(20)12-15(13-5-7-19-8-6-13)14-3-4-16-17(11-14)23-10-9-22-16/h3-4,11-13,19H,2,5-10H2,1H3. The molecule has 0 amide bonds. The van der Waals surface area contributed by atoms with Gasteiger partial charge in [0.1, 0.15) is 13.2 Å². The van der Waals surface area contributed by atoms with Crippen molar-refractivity contribution in [1.82, 2.24) is 5.32 Å². The lowest BCUT2D eigenvalue weighted by Crippen LogP contribution is -2.28. The second-order valence-electron chi connectivity index (χ2n) is 5.73. The molecule has 0 atom stereocenters. The molecule has 2 aliphatic rings. The highest BCUT2D eigenvalue weighted by atomic mass is 16.6. The molecule has 0 aliphatic carbocycles. The molecule has 1 N–H and O–H groups in total. The number of esters is 1. The van der Waals surface area contributed by atoms with Crippen molar-refractivity contribution in [1.29, 1.82) is 0 Å². The fourth-order valence-corrected chi connectivity index (χ4v) is 3.10. The molecule has 5 nitrogen and oxygen atoms in total. The number of carbonyl (C=O) groups is 1. The predicted octanol–water partition coefficient (Wildman–Crippen LogP) is 2.40. The Labute approximate surface area is 136 Å². The van der Waals surface area contributed by atoms with Gasteiger partial charge in [-0.15, -0.1) is 0 Å². The van der Waals surface area contributed by atoms with Crippen LogP contribution in [0.2, 0.25) is 0 Å². The lowest BCUT2D eigenvalue weighted by molar-refractivity contribution is -0.137. The Hall–Kier alpha value is -2.01. The van der Waals surface area contributed by atoms with Crippen LogP contribution < -0.4 is 14.8 Å². The number of ether oxygens (including phenoxy) is 3. The summed E-state index contributed by atoms with van der Waals surface area (Å²) in [7, 11) is 0. The van der Waals surface area contributed by atoms with Crippen molar-refractivity contribution in [3.8, 4) is 11.5 Å². The molecular formula is C18H23NO4. The minimum atomic E-state index is -0.282. The molecule has 1 saturated heterocycles. The molecule has 124 valence electrons. The SMILES string of the molecule is CCOC(=O)C=C(c1ccc2c(c1)OCCO2)C1CCNCC1. The number of fused-ring (bicyclic) bond motifs is 1. The number of rotatable bonds is 4. The van der Waals surface area contributed by atoms with Crippen LogP contribution in [0, 0.1) is 5.92 Å². The van der Waals surface area contributed by atoms with Crippen molar-refractivity contribution < 1.29 is 19.0 Å². The van der Waals surface area contributed by atoms with Crippen molar-refractivity contribution in [3.63, 3.8) is 0 Å². The van der Waals surface area contributed by atoms with Gasteiger partial charge in [0, 0.05) is 6.08 Å². The number of hydrogen-bond acceptors (Lipinski definition) is 5. The molecule has 0 radical (unpaired) electrons. The van der Waals surface area contributed by atoms with E-state index in [1.165, 1.54) is 0 Å². The van der Waals surface area contributed by atoms with Gasteiger partial charge in [-0.3, -0.25) is 0 Å². The van der Waals surface area contributed by atoms with Crippen molar-refractivity contribution in [2.24, 2.45) is 5.92 Å². The molecule has 0 unspecified atom stereocenters. The summed E-state index contributed by atoms with van der Waals surface area (Å²) in [4.78, 5) is 12.0. The molecule has 0 saturated carbocycles. The van der Waals surface area contributed by atoms with E-state index in [0.717, 1.165) is 48.6 Å². The van der Waals surface area contributed by atoms with Gasteiger partial charge in [0.15, 0.2) is 11.5 Å².